The van der Waals surface area contributed by atoms with Crippen molar-refractivity contribution >= 4 is 21.7 Å². The van der Waals surface area contributed by atoms with Crippen LogP contribution in [0.1, 0.15) is 5.56 Å². The Balaban J connectivity index is 1.97. The lowest BCUT2D eigenvalue weighted by Crippen LogP contribution is -1.98. The number of fused-ring (bicyclic) bond motifs is 1. The summed E-state index contributed by atoms with van der Waals surface area (Å²) >= 11 is 0. The molecule has 3 rings (SSSR count). The second kappa shape index (κ2) is 6.27. The SMILES string of the molecule is COc1ccc2c(-n3cc(CCS(C)=O)cn3)ccnc2c1. The van der Waals surface area contributed by atoms with Crippen LogP contribution in [0.2, 0.25) is 0 Å². The lowest BCUT2D eigenvalue weighted by molar-refractivity contribution is 0.415. The Bertz CT molecular complexity index is 829. The van der Waals surface area contributed by atoms with E-state index in [4.69, 9.17) is 4.74 Å². The predicted octanol–water partition coefficient (Wildman–Crippen LogP) is 2.35. The molecule has 0 amide bonds. The molecule has 6 heteroatoms. The van der Waals surface area contributed by atoms with Gasteiger partial charge in [0.15, 0.2) is 0 Å². The molecule has 2 aromatic heterocycles. The molecule has 3 aromatic rings. The van der Waals surface area contributed by atoms with Crippen molar-refractivity contribution in [2.75, 3.05) is 19.1 Å². The number of benzene rings is 1. The van der Waals surface area contributed by atoms with Gasteiger partial charge < -0.3 is 4.74 Å². The molecule has 1 atom stereocenters. The summed E-state index contributed by atoms with van der Waals surface area (Å²) in [6.07, 6.45) is 8.04. The Morgan fingerprint density at radius 1 is 1.32 bits per heavy atom. The maximum atomic E-state index is 11.2. The third-order valence-electron chi connectivity index (χ3n) is 3.49. The first-order valence-corrected chi connectivity index (χ1v) is 8.67. The Morgan fingerprint density at radius 3 is 2.95 bits per heavy atom. The predicted molar refractivity (Wildman–Crippen MR) is 88.1 cm³/mol. The van der Waals surface area contributed by atoms with Crippen LogP contribution in [0.25, 0.3) is 16.6 Å². The Morgan fingerprint density at radius 2 is 2.18 bits per heavy atom. The van der Waals surface area contributed by atoms with E-state index in [2.05, 4.69) is 10.1 Å². The summed E-state index contributed by atoms with van der Waals surface area (Å²) in [7, 11) is 0.853. The van der Waals surface area contributed by atoms with Crippen LogP contribution in [-0.2, 0) is 17.2 Å². The smallest absolute Gasteiger partial charge is 0.121 e. The molecule has 0 aliphatic heterocycles. The maximum Gasteiger partial charge on any atom is 0.121 e. The number of pyridine rings is 1. The zero-order valence-corrected chi connectivity index (χ0v) is 13.3. The monoisotopic (exact) mass is 315 g/mol. The summed E-state index contributed by atoms with van der Waals surface area (Å²) in [5.41, 5.74) is 2.91. The molecular weight excluding hydrogens is 298 g/mol. The molecule has 1 aromatic carbocycles. The fourth-order valence-corrected chi connectivity index (χ4v) is 2.85. The van der Waals surface area contributed by atoms with E-state index in [1.807, 2.05) is 41.3 Å². The molecule has 22 heavy (non-hydrogen) atoms. The van der Waals surface area contributed by atoms with Crippen molar-refractivity contribution in [1.29, 1.82) is 0 Å². The van der Waals surface area contributed by atoms with E-state index in [-0.39, 0.29) is 0 Å². The van der Waals surface area contributed by atoms with E-state index < -0.39 is 10.8 Å². The molecule has 0 radical (unpaired) electrons. The van der Waals surface area contributed by atoms with E-state index >= 15 is 0 Å². The van der Waals surface area contributed by atoms with Crippen LogP contribution in [-0.4, -0.2) is 38.1 Å². The highest BCUT2D eigenvalue weighted by molar-refractivity contribution is 7.84. The molecule has 2 heterocycles. The Hall–Kier alpha value is -2.21. The quantitative estimate of drug-likeness (QED) is 0.725. The number of rotatable bonds is 5. The summed E-state index contributed by atoms with van der Waals surface area (Å²) in [5.74, 6) is 1.43. The van der Waals surface area contributed by atoms with Gasteiger partial charge in [-0.2, -0.15) is 5.10 Å². The highest BCUT2D eigenvalue weighted by atomic mass is 32.2. The maximum absolute atomic E-state index is 11.2. The molecule has 0 saturated heterocycles. The molecule has 114 valence electrons. The van der Waals surface area contributed by atoms with Gasteiger partial charge in [0, 0.05) is 46.7 Å². The molecule has 5 nitrogen and oxygen atoms in total. The number of aromatic nitrogens is 3. The molecule has 0 N–H and O–H groups in total. The van der Waals surface area contributed by atoms with Gasteiger partial charge in [0.1, 0.15) is 5.75 Å². The van der Waals surface area contributed by atoms with Crippen molar-refractivity contribution in [2.24, 2.45) is 0 Å². The van der Waals surface area contributed by atoms with Crippen LogP contribution in [0, 0.1) is 0 Å². The molecule has 0 saturated carbocycles. The zero-order valence-electron chi connectivity index (χ0n) is 12.5. The third-order valence-corrected chi connectivity index (χ3v) is 4.27. The second-order valence-electron chi connectivity index (χ2n) is 5.03. The van der Waals surface area contributed by atoms with Crippen LogP contribution < -0.4 is 4.74 Å². The van der Waals surface area contributed by atoms with Crippen molar-refractivity contribution in [3.8, 4) is 11.4 Å². The summed E-state index contributed by atoms with van der Waals surface area (Å²) in [6.45, 7) is 0. The van der Waals surface area contributed by atoms with E-state index in [1.165, 1.54) is 0 Å². The molecular formula is C16H17N3O2S. The average Bonchev–Trinajstić information content (AvgIpc) is 3.00. The summed E-state index contributed by atoms with van der Waals surface area (Å²) < 4.78 is 18.3. The van der Waals surface area contributed by atoms with Crippen LogP contribution in [0.4, 0.5) is 0 Å². The van der Waals surface area contributed by atoms with E-state index in [0.29, 0.717) is 5.75 Å². The lowest BCUT2D eigenvalue weighted by Gasteiger charge is -2.07. The van der Waals surface area contributed by atoms with E-state index in [1.54, 1.807) is 19.6 Å². The van der Waals surface area contributed by atoms with E-state index in [0.717, 1.165) is 34.3 Å². The minimum Gasteiger partial charge on any atom is -0.497 e. The third kappa shape index (κ3) is 3.01. The number of hydrogen-bond acceptors (Lipinski definition) is 4. The minimum atomic E-state index is -0.788. The van der Waals surface area contributed by atoms with Crippen molar-refractivity contribution < 1.29 is 8.95 Å². The van der Waals surface area contributed by atoms with Crippen LogP contribution >= 0.6 is 0 Å². The Kier molecular flexibility index (Phi) is 4.20. The fraction of sp³-hybridized carbons (Fsp3) is 0.250. The summed E-state index contributed by atoms with van der Waals surface area (Å²) in [5, 5.41) is 5.43. The average molecular weight is 315 g/mol. The number of hydrogen-bond donors (Lipinski definition) is 0. The first-order chi connectivity index (χ1) is 10.7. The van der Waals surface area contributed by atoms with Crippen LogP contribution in [0.15, 0.2) is 42.9 Å². The molecule has 0 aliphatic carbocycles. The highest BCUT2D eigenvalue weighted by Gasteiger charge is 2.07. The molecule has 0 bridgehead atoms. The van der Waals surface area contributed by atoms with Crippen LogP contribution in [0.3, 0.4) is 0 Å². The van der Waals surface area contributed by atoms with Gasteiger partial charge in [-0.15, -0.1) is 0 Å². The first-order valence-electron chi connectivity index (χ1n) is 6.94. The number of aryl methyl sites for hydroxylation is 1. The number of nitrogens with zero attached hydrogens (tertiary/aromatic N) is 3. The topological polar surface area (TPSA) is 57.0 Å². The van der Waals surface area contributed by atoms with Gasteiger partial charge >= 0.3 is 0 Å². The summed E-state index contributed by atoms with van der Waals surface area (Å²) in [4.78, 5) is 4.38. The van der Waals surface area contributed by atoms with Gasteiger partial charge in [0.25, 0.3) is 0 Å². The van der Waals surface area contributed by atoms with Crippen molar-refractivity contribution in [1.82, 2.24) is 14.8 Å². The van der Waals surface area contributed by atoms with E-state index in [9.17, 15) is 4.21 Å². The molecule has 0 spiro atoms. The lowest BCUT2D eigenvalue weighted by atomic mass is 10.2. The minimum absolute atomic E-state index is 0.653. The molecule has 0 aliphatic rings. The normalized spacial score (nSPS) is 12.5. The summed E-state index contributed by atoms with van der Waals surface area (Å²) in [6, 6.07) is 7.74. The largest absolute Gasteiger partial charge is 0.497 e. The van der Waals surface area contributed by atoms with Crippen LogP contribution in [0.5, 0.6) is 5.75 Å². The zero-order chi connectivity index (χ0) is 15.5. The van der Waals surface area contributed by atoms with Gasteiger partial charge in [-0.3, -0.25) is 9.19 Å². The number of ether oxygens (including phenoxy) is 1. The van der Waals surface area contributed by atoms with Gasteiger partial charge in [0.05, 0.1) is 24.5 Å². The standard InChI is InChI=1S/C16H17N3O2S/c1-21-13-3-4-14-15(9-13)17-7-5-16(14)19-11-12(10-18-19)6-8-22(2)20/h3-5,7,9-11H,6,8H2,1-2H3. The second-order valence-corrected chi connectivity index (χ2v) is 6.59. The van der Waals surface area contributed by atoms with Crippen molar-refractivity contribution in [3.63, 3.8) is 0 Å². The number of methoxy groups -OCH3 is 1. The first kappa shape index (κ1) is 14.7. The van der Waals surface area contributed by atoms with Gasteiger partial charge in [0.2, 0.25) is 0 Å². The highest BCUT2D eigenvalue weighted by Crippen LogP contribution is 2.24. The fourth-order valence-electron chi connectivity index (χ4n) is 2.32. The molecule has 0 fully saturated rings. The van der Waals surface area contributed by atoms with Gasteiger partial charge in [-0.05, 0) is 30.2 Å². The van der Waals surface area contributed by atoms with Crippen molar-refractivity contribution in [3.05, 3.63) is 48.4 Å². The van der Waals surface area contributed by atoms with Gasteiger partial charge in [-0.25, -0.2) is 4.68 Å². The molecule has 1 unspecified atom stereocenters. The van der Waals surface area contributed by atoms with Crippen molar-refractivity contribution in [2.45, 2.75) is 6.42 Å². The Labute approximate surface area is 131 Å². The van der Waals surface area contributed by atoms with Gasteiger partial charge in [-0.1, -0.05) is 0 Å².